The van der Waals surface area contributed by atoms with Gasteiger partial charge in [0.1, 0.15) is 0 Å². The predicted molar refractivity (Wildman–Crippen MR) is 93.4 cm³/mol. The quantitative estimate of drug-likeness (QED) is 0.738. The van der Waals surface area contributed by atoms with Gasteiger partial charge in [-0.15, -0.1) is 0 Å². The van der Waals surface area contributed by atoms with Gasteiger partial charge in [-0.3, -0.25) is 19.3 Å². The third kappa shape index (κ3) is 3.22. The van der Waals surface area contributed by atoms with Crippen LogP contribution in [0, 0.1) is 23.7 Å². The van der Waals surface area contributed by atoms with Crippen LogP contribution < -0.4 is 0 Å². The molecule has 3 amide bonds. The molecule has 2 heterocycles. The first-order valence-corrected chi connectivity index (χ1v) is 10.3. The van der Waals surface area contributed by atoms with Crippen LogP contribution in [0.2, 0.25) is 0 Å². The molecule has 5 nitrogen and oxygen atoms in total. The maximum Gasteiger partial charge on any atom is 0.233 e. The summed E-state index contributed by atoms with van der Waals surface area (Å²) < 4.78 is 0. The van der Waals surface area contributed by atoms with Crippen LogP contribution in [-0.2, 0) is 14.4 Å². The van der Waals surface area contributed by atoms with E-state index in [1.807, 2.05) is 4.90 Å². The van der Waals surface area contributed by atoms with E-state index >= 15 is 0 Å². The normalized spacial score (nSPS) is 35.5. The first-order valence-electron chi connectivity index (χ1n) is 10.3. The van der Waals surface area contributed by atoms with Crippen LogP contribution in [0.4, 0.5) is 0 Å². The monoisotopic (exact) mass is 346 g/mol. The summed E-state index contributed by atoms with van der Waals surface area (Å²) in [6, 6.07) is 0. The van der Waals surface area contributed by atoms with Crippen molar-refractivity contribution in [2.24, 2.45) is 23.7 Å². The lowest BCUT2D eigenvalue weighted by Crippen LogP contribution is -2.45. The molecule has 2 saturated heterocycles. The first kappa shape index (κ1) is 17.0. The van der Waals surface area contributed by atoms with E-state index in [4.69, 9.17) is 0 Å². The van der Waals surface area contributed by atoms with Crippen molar-refractivity contribution in [1.29, 1.82) is 0 Å². The molecule has 0 N–H and O–H groups in total. The SMILES string of the molecule is O=C(CCN1C(=O)[C@H]2CCCC[C@H]2C1=O)N1CCC2CCCCC2C1. The molecule has 4 atom stereocenters. The summed E-state index contributed by atoms with van der Waals surface area (Å²) in [5, 5.41) is 0. The highest BCUT2D eigenvalue weighted by Crippen LogP contribution is 2.38. The number of hydrogen-bond donors (Lipinski definition) is 0. The molecule has 0 aromatic carbocycles. The molecule has 4 aliphatic rings. The number of piperidine rings is 1. The van der Waals surface area contributed by atoms with Crippen LogP contribution in [0.1, 0.15) is 64.2 Å². The Hall–Kier alpha value is -1.39. The fraction of sp³-hybridized carbons (Fsp3) is 0.850. The van der Waals surface area contributed by atoms with Crippen molar-refractivity contribution in [3.63, 3.8) is 0 Å². The van der Waals surface area contributed by atoms with Gasteiger partial charge < -0.3 is 4.90 Å². The van der Waals surface area contributed by atoms with Crippen LogP contribution in [0.15, 0.2) is 0 Å². The van der Waals surface area contributed by atoms with Crippen LogP contribution in [0.25, 0.3) is 0 Å². The zero-order chi connectivity index (χ0) is 17.4. The van der Waals surface area contributed by atoms with Crippen molar-refractivity contribution >= 4 is 17.7 Å². The van der Waals surface area contributed by atoms with Gasteiger partial charge in [0.05, 0.1) is 11.8 Å². The average Bonchev–Trinajstić information content (AvgIpc) is 2.90. The van der Waals surface area contributed by atoms with Gasteiger partial charge in [0.2, 0.25) is 17.7 Å². The number of imide groups is 1. The Morgan fingerprint density at radius 1 is 0.840 bits per heavy atom. The Labute approximate surface area is 150 Å². The third-order valence-corrected chi connectivity index (χ3v) is 7.13. The van der Waals surface area contributed by atoms with E-state index in [2.05, 4.69) is 0 Å². The summed E-state index contributed by atoms with van der Waals surface area (Å²) in [7, 11) is 0. The predicted octanol–water partition coefficient (Wildman–Crippen LogP) is 2.59. The Balaban J connectivity index is 1.31. The van der Waals surface area contributed by atoms with Crippen molar-refractivity contribution in [2.75, 3.05) is 19.6 Å². The summed E-state index contributed by atoms with van der Waals surface area (Å²) in [6.45, 7) is 2.03. The first-order chi connectivity index (χ1) is 12.1. The minimum Gasteiger partial charge on any atom is -0.342 e. The molecule has 2 aliphatic carbocycles. The maximum atomic E-state index is 12.6. The zero-order valence-corrected chi connectivity index (χ0v) is 15.1. The van der Waals surface area contributed by atoms with Crippen molar-refractivity contribution in [1.82, 2.24) is 9.80 Å². The lowest BCUT2D eigenvalue weighted by atomic mass is 9.75. The average molecular weight is 346 g/mol. The van der Waals surface area contributed by atoms with E-state index in [9.17, 15) is 14.4 Å². The summed E-state index contributed by atoms with van der Waals surface area (Å²) in [6.07, 6.45) is 10.4. The molecule has 0 aromatic rings. The molecule has 2 saturated carbocycles. The fourth-order valence-corrected chi connectivity index (χ4v) is 5.64. The molecule has 0 spiro atoms. The fourth-order valence-electron chi connectivity index (χ4n) is 5.64. The lowest BCUT2D eigenvalue weighted by molar-refractivity contribution is -0.141. The molecule has 0 bridgehead atoms. The molecule has 2 aliphatic heterocycles. The molecule has 2 unspecified atom stereocenters. The van der Waals surface area contributed by atoms with E-state index in [0.29, 0.717) is 12.3 Å². The summed E-state index contributed by atoms with van der Waals surface area (Å²) in [4.78, 5) is 41.0. The summed E-state index contributed by atoms with van der Waals surface area (Å²) in [5.41, 5.74) is 0. The Morgan fingerprint density at radius 3 is 2.12 bits per heavy atom. The van der Waals surface area contributed by atoms with Crippen LogP contribution in [0.5, 0.6) is 0 Å². The van der Waals surface area contributed by atoms with Gasteiger partial charge in [-0.2, -0.15) is 0 Å². The smallest absolute Gasteiger partial charge is 0.233 e. The van der Waals surface area contributed by atoms with Gasteiger partial charge >= 0.3 is 0 Å². The zero-order valence-electron chi connectivity index (χ0n) is 15.1. The van der Waals surface area contributed by atoms with Gasteiger partial charge in [-0.25, -0.2) is 0 Å². The summed E-state index contributed by atoms with van der Waals surface area (Å²) >= 11 is 0. The molecular formula is C20H30N2O3. The van der Waals surface area contributed by atoms with Crippen LogP contribution in [-0.4, -0.2) is 47.2 Å². The molecule has 4 fully saturated rings. The second-order valence-corrected chi connectivity index (χ2v) is 8.51. The van der Waals surface area contributed by atoms with E-state index in [-0.39, 0.29) is 36.1 Å². The minimum absolute atomic E-state index is 0.0199. The highest BCUT2D eigenvalue weighted by Gasteiger charge is 2.48. The number of likely N-dealkylation sites (tertiary alicyclic amines) is 2. The third-order valence-electron chi connectivity index (χ3n) is 7.13. The molecule has 25 heavy (non-hydrogen) atoms. The lowest BCUT2D eigenvalue weighted by Gasteiger charge is -2.41. The van der Waals surface area contributed by atoms with Gasteiger partial charge in [-0.1, -0.05) is 32.1 Å². The number of hydrogen-bond acceptors (Lipinski definition) is 3. The van der Waals surface area contributed by atoms with E-state index in [0.717, 1.165) is 51.1 Å². The molecule has 4 rings (SSSR count). The Bertz CT molecular complexity index is 537. The topological polar surface area (TPSA) is 57.7 Å². The molecule has 138 valence electrons. The highest BCUT2D eigenvalue weighted by atomic mass is 16.2. The van der Waals surface area contributed by atoms with Crippen molar-refractivity contribution in [2.45, 2.75) is 64.2 Å². The maximum absolute atomic E-state index is 12.6. The van der Waals surface area contributed by atoms with Crippen molar-refractivity contribution in [3.8, 4) is 0 Å². The summed E-state index contributed by atoms with van der Waals surface area (Å²) in [5.74, 6) is 1.36. The molecule has 0 radical (unpaired) electrons. The van der Waals surface area contributed by atoms with E-state index < -0.39 is 0 Å². The van der Waals surface area contributed by atoms with E-state index in [1.165, 1.54) is 30.6 Å². The number of carbonyl (C=O) groups excluding carboxylic acids is 3. The van der Waals surface area contributed by atoms with E-state index in [1.54, 1.807) is 0 Å². The van der Waals surface area contributed by atoms with Gasteiger partial charge in [-0.05, 0) is 37.5 Å². The number of fused-ring (bicyclic) bond motifs is 2. The van der Waals surface area contributed by atoms with Gasteiger partial charge in [0, 0.05) is 26.1 Å². The molecule has 5 heteroatoms. The largest absolute Gasteiger partial charge is 0.342 e. The highest BCUT2D eigenvalue weighted by molar-refractivity contribution is 6.05. The second-order valence-electron chi connectivity index (χ2n) is 8.51. The number of amides is 3. The second kappa shape index (κ2) is 7.08. The Morgan fingerprint density at radius 2 is 1.44 bits per heavy atom. The number of rotatable bonds is 3. The molecule has 0 aromatic heterocycles. The molecular weight excluding hydrogens is 316 g/mol. The van der Waals surface area contributed by atoms with Crippen LogP contribution >= 0.6 is 0 Å². The van der Waals surface area contributed by atoms with Gasteiger partial charge in [0.25, 0.3) is 0 Å². The Kier molecular flexibility index (Phi) is 4.83. The number of carbonyl (C=O) groups is 3. The minimum atomic E-state index is -0.102. The van der Waals surface area contributed by atoms with Crippen molar-refractivity contribution in [3.05, 3.63) is 0 Å². The van der Waals surface area contributed by atoms with Crippen LogP contribution in [0.3, 0.4) is 0 Å². The standard InChI is InChI=1S/C20H30N2O3/c23-18(21-11-9-14-5-1-2-6-15(14)13-21)10-12-22-19(24)16-7-3-4-8-17(16)20(22)25/h14-17H,1-13H2/t14?,15?,16-,17+. The van der Waals surface area contributed by atoms with Crippen molar-refractivity contribution < 1.29 is 14.4 Å². The van der Waals surface area contributed by atoms with Gasteiger partial charge in [0.15, 0.2) is 0 Å². The number of nitrogens with zero attached hydrogens (tertiary/aromatic N) is 2.